The molecule has 0 saturated carbocycles. The van der Waals surface area contributed by atoms with Crippen LogP contribution in [-0.2, 0) is 11.4 Å². The first-order chi connectivity index (χ1) is 16.4. The first-order valence-corrected chi connectivity index (χ1v) is 11.1. The number of rotatable bonds is 6. The molecule has 6 nitrogen and oxygen atoms in total. The van der Waals surface area contributed by atoms with Crippen molar-refractivity contribution in [3.63, 3.8) is 0 Å². The Hall–Kier alpha value is -3.87. The van der Waals surface area contributed by atoms with Crippen LogP contribution in [0.5, 0.6) is 11.5 Å². The topological polar surface area (TPSA) is 59.1 Å². The molecule has 0 aliphatic carbocycles. The maximum atomic E-state index is 13.4. The third-order valence-corrected chi connectivity index (χ3v) is 5.95. The first kappa shape index (κ1) is 23.3. The summed E-state index contributed by atoms with van der Waals surface area (Å²) in [6.45, 7) is 3.03. The van der Waals surface area contributed by atoms with E-state index in [9.17, 15) is 14.0 Å². The molecular weight excluding hydrogens is 435 g/mol. The number of nitrogens with zero attached hydrogens (tertiary/aromatic N) is 2. The Bertz CT molecular complexity index is 1170. The van der Waals surface area contributed by atoms with Crippen LogP contribution in [0.1, 0.15) is 34.5 Å². The summed E-state index contributed by atoms with van der Waals surface area (Å²) in [4.78, 5) is 29.1. The monoisotopic (exact) mass is 462 g/mol. The molecule has 1 fully saturated rings. The van der Waals surface area contributed by atoms with E-state index in [1.165, 1.54) is 12.1 Å². The molecule has 1 heterocycles. The lowest BCUT2D eigenvalue weighted by Crippen LogP contribution is -2.51. The minimum Gasteiger partial charge on any atom is -0.497 e. The Kier molecular flexibility index (Phi) is 7.11. The van der Waals surface area contributed by atoms with E-state index >= 15 is 0 Å². The van der Waals surface area contributed by atoms with E-state index in [-0.39, 0.29) is 30.3 Å². The molecule has 0 aromatic heterocycles. The zero-order chi connectivity index (χ0) is 24.1. The highest BCUT2D eigenvalue weighted by atomic mass is 19.1. The third kappa shape index (κ3) is 5.36. The summed E-state index contributed by atoms with van der Waals surface area (Å²) in [5.41, 5.74) is 2.15. The van der Waals surface area contributed by atoms with E-state index in [4.69, 9.17) is 9.47 Å². The van der Waals surface area contributed by atoms with Crippen molar-refractivity contribution in [3.8, 4) is 11.5 Å². The maximum absolute atomic E-state index is 13.4. The van der Waals surface area contributed by atoms with E-state index in [1.807, 2.05) is 24.3 Å². The van der Waals surface area contributed by atoms with Crippen LogP contribution in [0.2, 0.25) is 0 Å². The van der Waals surface area contributed by atoms with Crippen molar-refractivity contribution in [2.24, 2.45) is 0 Å². The molecule has 34 heavy (non-hydrogen) atoms. The highest BCUT2D eigenvalue weighted by Gasteiger charge is 2.32. The van der Waals surface area contributed by atoms with Crippen molar-refractivity contribution in [2.45, 2.75) is 19.6 Å². The minimum atomic E-state index is -0.318. The van der Waals surface area contributed by atoms with Gasteiger partial charge in [0.2, 0.25) is 5.91 Å². The van der Waals surface area contributed by atoms with Crippen molar-refractivity contribution in [2.75, 3.05) is 26.7 Å². The Balaban J connectivity index is 1.48. The van der Waals surface area contributed by atoms with Gasteiger partial charge in [-0.2, -0.15) is 0 Å². The van der Waals surface area contributed by atoms with Crippen LogP contribution in [0.3, 0.4) is 0 Å². The molecule has 2 amide bonds. The average Bonchev–Trinajstić information content (AvgIpc) is 2.87. The molecule has 4 rings (SSSR count). The van der Waals surface area contributed by atoms with Crippen molar-refractivity contribution >= 4 is 11.8 Å². The summed E-state index contributed by atoms with van der Waals surface area (Å²) in [7, 11) is 1.61. The van der Waals surface area contributed by atoms with Gasteiger partial charge in [-0.1, -0.05) is 30.3 Å². The molecular formula is C27H27FN2O4. The number of hydrogen-bond donors (Lipinski definition) is 0. The largest absolute Gasteiger partial charge is 0.497 e. The number of methoxy groups -OCH3 is 1. The normalized spacial score (nSPS) is 15.7. The van der Waals surface area contributed by atoms with E-state index in [2.05, 4.69) is 0 Å². The van der Waals surface area contributed by atoms with Crippen LogP contribution in [-0.4, -0.2) is 48.4 Å². The predicted octanol–water partition coefficient (Wildman–Crippen LogP) is 4.46. The van der Waals surface area contributed by atoms with Gasteiger partial charge in [0.25, 0.3) is 5.91 Å². The predicted molar refractivity (Wildman–Crippen MR) is 126 cm³/mol. The van der Waals surface area contributed by atoms with Gasteiger partial charge in [-0.15, -0.1) is 0 Å². The van der Waals surface area contributed by atoms with Crippen LogP contribution in [0, 0.1) is 5.82 Å². The number of ether oxygens (including phenoxy) is 2. The minimum absolute atomic E-state index is 0.0272. The van der Waals surface area contributed by atoms with Gasteiger partial charge in [0.1, 0.15) is 23.9 Å². The van der Waals surface area contributed by atoms with Gasteiger partial charge in [-0.3, -0.25) is 9.59 Å². The number of piperazine rings is 1. The van der Waals surface area contributed by atoms with Crippen LogP contribution < -0.4 is 9.47 Å². The molecule has 0 bridgehead atoms. The number of carbonyl (C=O) groups is 2. The fourth-order valence-corrected chi connectivity index (χ4v) is 4.15. The zero-order valence-corrected chi connectivity index (χ0v) is 19.2. The molecule has 0 radical (unpaired) electrons. The van der Waals surface area contributed by atoms with Crippen LogP contribution in [0.4, 0.5) is 4.39 Å². The second-order valence-corrected chi connectivity index (χ2v) is 8.20. The third-order valence-electron chi connectivity index (χ3n) is 5.95. The Morgan fingerprint density at radius 2 is 1.74 bits per heavy atom. The molecule has 3 aromatic rings. The number of hydrogen-bond acceptors (Lipinski definition) is 4. The van der Waals surface area contributed by atoms with E-state index in [0.717, 1.165) is 11.3 Å². The molecule has 3 aromatic carbocycles. The fraction of sp³-hybridized carbons (Fsp3) is 0.259. The van der Waals surface area contributed by atoms with Gasteiger partial charge in [-0.25, -0.2) is 4.39 Å². The maximum Gasteiger partial charge on any atom is 0.254 e. The van der Waals surface area contributed by atoms with Gasteiger partial charge < -0.3 is 19.3 Å². The van der Waals surface area contributed by atoms with E-state index < -0.39 is 0 Å². The van der Waals surface area contributed by atoms with Gasteiger partial charge in [0.05, 0.1) is 13.2 Å². The smallest absolute Gasteiger partial charge is 0.254 e. The SMILES string of the molecule is COc1ccc([C@@H]2CN(C(=O)c3cccc(OCc4cccc(F)c4)c3)CCN2C(C)=O)cc1. The zero-order valence-electron chi connectivity index (χ0n) is 19.2. The molecule has 1 aliphatic rings. The molecule has 1 saturated heterocycles. The molecule has 0 spiro atoms. The van der Waals surface area contributed by atoms with Crippen LogP contribution in [0.15, 0.2) is 72.8 Å². The van der Waals surface area contributed by atoms with Crippen molar-refractivity contribution in [1.29, 1.82) is 0 Å². The number of benzene rings is 3. The van der Waals surface area contributed by atoms with Crippen LogP contribution in [0.25, 0.3) is 0 Å². The summed E-state index contributed by atoms with van der Waals surface area (Å²) >= 11 is 0. The molecule has 7 heteroatoms. The lowest BCUT2D eigenvalue weighted by molar-refractivity contribution is -0.133. The first-order valence-electron chi connectivity index (χ1n) is 11.1. The summed E-state index contributed by atoms with van der Waals surface area (Å²) in [5.74, 6) is 0.792. The van der Waals surface area contributed by atoms with Crippen molar-refractivity contribution < 1.29 is 23.5 Å². The standard InChI is InChI=1S/C27H27FN2O4/c1-19(31)30-14-13-29(17-26(30)21-9-11-24(33-2)12-10-21)27(32)22-6-4-8-25(16-22)34-18-20-5-3-7-23(28)15-20/h3-12,15-16,26H,13-14,17-18H2,1-2H3/t26-/m0/s1. The number of amides is 2. The van der Waals surface area contributed by atoms with Crippen molar-refractivity contribution in [1.82, 2.24) is 9.80 Å². The van der Waals surface area contributed by atoms with Gasteiger partial charge >= 0.3 is 0 Å². The highest BCUT2D eigenvalue weighted by Crippen LogP contribution is 2.28. The number of carbonyl (C=O) groups excluding carboxylic acids is 2. The quantitative estimate of drug-likeness (QED) is 0.543. The second-order valence-electron chi connectivity index (χ2n) is 8.20. The average molecular weight is 463 g/mol. The van der Waals surface area contributed by atoms with E-state index in [1.54, 1.807) is 60.2 Å². The lowest BCUT2D eigenvalue weighted by atomic mass is 10.0. The number of halogens is 1. The second kappa shape index (κ2) is 10.4. The molecule has 0 N–H and O–H groups in total. The highest BCUT2D eigenvalue weighted by molar-refractivity contribution is 5.94. The van der Waals surface area contributed by atoms with Crippen LogP contribution >= 0.6 is 0 Å². The molecule has 1 aliphatic heterocycles. The summed E-state index contributed by atoms with van der Waals surface area (Å²) in [5, 5.41) is 0. The summed E-state index contributed by atoms with van der Waals surface area (Å²) in [6, 6.07) is 20.5. The lowest BCUT2D eigenvalue weighted by Gasteiger charge is -2.41. The fourth-order valence-electron chi connectivity index (χ4n) is 4.15. The van der Waals surface area contributed by atoms with Gasteiger partial charge in [0.15, 0.2) is 0 Å². The van der Waals surface area contributed by atoms with Crippen molar-refractivity contribution in [3.05, 3.63) is 95.3 Å². The Morgan fingerprint density at radius 1 is 0.971 bits per heavy atom. The van der Waals surface area contributed by atoms with Gasteiger partial charge in [0, 0.05) is 32.1 Å². The molecule has 176 valence electrons. The Morgan fingerprint density at radius 3 is 2.44 bits per heavy atom. The van der Waals surface area contributed by atoms with Gasteiger partial charge in [-0.05, 0) is 53.6 Å². The molecule has 1 atom stereocenters. The Labute approximate surface area is 198 Å². The summed E-state index contributed by atoms with van der Waals surface area (Å²) < 4.78 is 24.4. The molecule has 0 unspecified atom stereocenters. The summed E-state index contributed by atoms with van der Waals surface area (Å²) in [6.07, 6.45) is 0. The van der Waals surface area contributed by atoms with E-state index in [0.29, 0.717) is 36.5 Å².